The summed E-state index contributed by atoms with van der Waals surface area (Å²) in [5, 5.41) is 7.78. The summed E-state index contributed by atoms with van der Waals surface area (Å²) in [6.45, 7) is 3.77. The summed E-state index contributed by atoms with van der Waals surface area (Å²) in [5.74, 6) is -1.16. The lowest BCUT2D eigenvalue weighted by atomic mass is 10.2. The van der Waals surface area contributed by atoms with Gasteiger partial charge < -0.3 is 30.2 Å². The third-order valence-electron chi connectivity index (χ3n) is 3.30. The van der Waals surface area contributed by atoms with Gasteiger partial charge in [0.1, 0.15) is 23.7 Å². The Morgan fingerprint density at radius 3 is 1.64 bits per heavy atom. The molecule has 2 atom stereocenters. The summed E-state index contributed by atoms with van der Waals surface area (Å²) >= 11 is 16.2. The maximum Gasteiger partial charge on any atom is 0.235 e. The Kier molecular flexibility index (Phi) is 17.7. The first-order valence-corrected chi connectivity index (χ1v) is 10.3. The number of halogens is 3. The van der Waals surface area contributed by atoms with E-state index in [1.54, 1.807) is 0 Å². The monoisotopic (exact) mass is 463 g/mol. The number of rotatable bonds is 17. The molecule has 0 aliphatic carbocycles. The maximum absolute atomic E-state index is 11.1. The second kappa shape index (κ2) is 18.2. The molecule has 28 heavy (non-hydrogen) atoms. The van der Waals surface area contributed by atoms with E-state index in [1.165, 1.54) is 0 Å². The van der Waals surface area contributed by atoms with Gasteiger partial charge in [-0.25, -0.2) is 0 Å². The van der Waals surface area contributed by atoms with Gasteiger partial charge in [-0.2, -0.15) is 0 Å². The number of hydrogen-bond donors (Lipinski definition) is 3. The summed E-state index contributed by atoms with van der Waals surface area (Å²) in [6.07, 6.45) is -0.755. The first kappa shape index (κ1) is 27.2. The summed E-state index contributed by atoms with van der Waals surface area (Å²) in [6, 6.07) is 0. The highest BCUT2D eigenvalue weighted by Gasteiger charge is 2.19. The van der Waals surface area contributed by atoms with Crippen LogP contribution in [-0.4, -0.2) is 93.6 Å². The van der Waals surface area contributed by atoms with Gasteiger partial charge >= 0.3 is 0 Å². The minimum atomic E-state index is -0.416. The van der Waals surface area contributed by atoms with Crippen molar-refractivity contribution in [3.8, 4) is 0 Å². The SMILES string of the molecule is CC(OCCNC(=O)CCl)C(COCCNC(=O)CCl)OCCNC(=O)CCl. The van der Waals surface area contributed by atoms with Crippen LogP contribution in [0.2, 0.25) is 0 Å². The fraction of sp³-hybridized carbons (Fsp3) is 0.812. The van der Waals surface area contributed by atoms with Crippen LogP contribution >= 0.6 is 34.8 Å². The van der Waals surface area contributed by atoms with Gasteiger partial charge in [-0.3, -0.25) is 14.4 Å². The fourth-order valence-corrected chi connectivity index (χ4v) is 2.15. The van der Waals surface area contributed by atoms with Gasteiger partial charge in [0.2, 0.25) is 17.7 Å². The van der Waals surface area contributed by atoms with Crippen molar-refractivity contribution in [1.29, 1.82) is 0 Å². The van der Waals surface area contributed by atoms with Crippen molar-refractivity contribution in [2.75, 3.05) is 63.7 Å². The molecule has 0 heterocycles. The Balaban J connectivity index is 4.26. The van der Waals surface area contributed by atoms with E-state index < -0.39 is 6.10 Å². The Morgan fingerprint density at radius 1 is 0.750 bits per heavy atom. The molecule has 0 saturated heterocycles. The van der Waals surface area contributed by atoms with E-state index in [2.05, 4.69) is 16.0 Å². The van der Waals surface area contributed by atoms with Gasteiger partial charge in [0.15, 0.2) is 0 Å². The maximum atomic E-state index is 11.1. The predicted molar refractivity (Wildman–Crippen MR) is 107 cm³/mol. The van der Waals surface area contributed by atoms with Crippen LogP contribution in [0, 0.1) is 0 Å². The molecule has 164 valence electrons. The Hall–Kier alpha value is -0.840. The Morgan fingerprint density at radius 2 is 1.18 bits per heavy atom. The van der Waals surface area contributed by atoms with E-state index in [-0.39, 0.29) is 67.9 Å². The van der Waals surface area contributed by atoms with Crippen LogP contribution in [0.4, 0.5) is 0 Å². The molecular weight excluding hydrogens is 437 g/mol. The number of amides is 3. The van der Waals surface area contributed by atoms with Crippen molar-refractivity contribution in [3.63, 3.8) is 0 Å². The minimum Gasteiger partial charge on any atom is -0.377 e. The largest absolute Gasteiger partial charge is 0.377 e. The van der Waals surface area contributed by atoms with Crippen molar-refractivity contribution in [3.05, 3.63) is 0 Å². The second-order valence-electron chi connectivity index (χ2n) is 5.51. The van der Waals surface area contributed by atoms with Crippen LogP contribution in [0.3, 0.4) is 0 Å². The highest BCUT2D eigenvalue weighted by Crippen LogP contribution is 2.05. The van der Waals surface area contributed by atoms with Gasteiger partial charge in [-0.15, -0.1) is 34.8 Å². The lowest BCUT2D eigenvalue weighted by Gasteiger charge is -2.25. The highest BCUT2D eigenvalue weighted by molar-refractivity contribution is 6.27. The van der Waals surface area contributed by atoms with E-state index in [0.717, 1.165) is 0 Å². The molecule has 0 saturated carbocycles. The van der Waals surface area contributed by atoms with Gasteiger partial charge in [-0.1, -0.05) is 0 Å². The van der Waals surface area contributed by atoms with E-state index in [9.17, 15) is 14.4 Å². The number of hydrogen-bond acceptors (Lipinski definition) is 6. The van der Waals surface area contributed by atoms with Crippen molar-refractivity contribution in [1.82, 2.24) is 16.0 Å². The topological polar surface area (TPSA) is 115 Å². The van der Waals surface area contributed by atoms with Crippen molar-refractivity contribution < 1.29 is 28.6 Å². The zero-order chi connectivity index (χ0) is 21.2. The smallest absolute Gasteiger partial charge is 0.235 e. The molecule has 2 unspecified atom stereocenters. The second-order valence-corrected chi connectivity index (χ2v) is 6.31. The third-order valence-corrected chi connectivity index (χ3v) is 4.03. The number of alkyl halides is 3. The molecule has 12 heteroatoms. The van der Waals surface area contributed by atoms with Crippen LogP contribution in [0.25, 0.3) is 0 Å². The van der Waals surface area contributed by atoms with Crippen molar-refractivity contribution in [2.24, 2.45) is 0 Å². The average Bonchev–Trinajstić information content (AvgIpc) is 2.71. The fourth-order valence-electron chi connectivity index (χ4n) is 1.87. The summed E-state index contributed by atoms with van der Waals surface area (Å²) in [4.78, 5) is 33.3. The molecule has 0 radical (unpaired) electrons. The van der Waals surface area contributed by atoms with Crippen LogP contribution in [0.1, 0.15) is 6.92 Å². The third kappa shape index (κ3) is 15.1. The van der Waals surface area contributed by atoms with E-state index in [1.807, 2.05) is 6.92 Å². The Labute approximate surface area is 180 Å². The average molecular weight is 465 g/mol. The van der Waals surface area contributed by atoms with Crippen LogP contribution in [0.5, 0.6) is 0 Å². The molecule has 0 fully saturated rings. The lowest BCUT2D eigenvalue weighted by Crippen LogP contribution is -2.39. The molecular formula is C16H28Cl3N3O6. The summed E-state index contributed by atoms with van der Waals surface area (Å²) in [5.41, 5.74) is 0. The van der Waals surface area contributed by atoms with Crippen molar-refractivity contribution in [2.45, 2.75) is 19.1 Å². The zero-order valence-electron chi connectivity index (χ0n) is 15.8. The molecule has 0 aliphatic rings. The molecule has 3 amide bonds. The molecule has 0 aromatic heterocycles. The van der Waals surface area contributed by atoms with Crippen LogP contribution in [0.15, 0.2) is 0 Å². The first-order chi connectivity index (χ1) is 13.4. The van der Waals surface area contributed by atoms with Gasteiger partial charge in [0.05, 0.1) is 32.5 Å². The highest BCUT2D eigenvalue weighted by atomic mass is 35.5. The van der Waals surface area contributed by atoms with Gasteiger partial charge in [0.25, 0.3) is 0 Å². The number of carbonyl (C=O) groups is 3. The minimum absolute atomic E-state index is 0.106. The van der Waals surface area contributed by atoms with Crippen molar-refractivity contribution >= 4 is 52.5 Å². The predicted octanol–water partition coefficient (Wildman–Crippen LogP) is -0.142. The molecule has 3 N–H and O–H groups in total. The first-order valence-electron chi connectivity index (χ1n) is 8.73. The molecule has 0 spiro atoms. The molecule has 0 aromatic rings. The standard InChI is InChI=1S/C16H28Cl3N3O6/c1-12(27-6-3-21-15(24)9-18)13(28-7-4-22-16(25)10-19)11-26-5-2-20-14(23)8-17/h12-13H,2-11H2,1H3,(H,20,23)(H,21,24)(H,22,25). The molecule has 0 bridgehead atoms. The molecule has 0 aromatic carbocycles. The number of nitrogens with one attached hydrogen (secondary N) is 3. The van der Waals surface area contributed by atoms with Gasteiger partial charge in [0, 0.05) is 19.6 Å². The van der Waals surface area contributed by atoms with Gasteiger partial charge in [-0.05, 0) is 6.92 Å². The quantitative estimate of drug-likeness (QED) is 0.204. The summed E-state index contributed by atoms with van der Waals surface area (Å²) < 4.78 is 16.9. The van der Waals surface area contributed by atoms with E-state index in [0.29, 0.717) is 19.6 Å². The molecule has 0 rings (SSSR count). The van der Waals surface area contributed by atoms with Crippen LogP contribution in [-0.2, 0) is 28.6 Å². The lowest BCUT2D eigenvalue weighted by molar-refractivity contribution is -0.122. The Bertz CT molecular complexity index is 459. The normalized spacial score (nSPS) is 12.9. The number of carbonyl (C=O) groups excluding carboxylic acids is 3. The van der Waals surface area contributed by atoms with Crippen LogP contribution < -0.4 is 16.0 Å². The molecule has 0 aliphatic heterocycles. The van der Waals surface area contributed by atoms with E-state index >= 15 is 0 Å². The summed E-state index contributed by atoms with van der Waals surface area (Å²) in [7, 11) is 0. The van der Waals surface area contributed by atoms with E-state index in [4.69, 9.17) is 49.0 Å². The zero-order valence-corrected chi connectivity index (χ0v) is 18.1. The number of ether oxygens (including phenoxy) is 3. The molecule has 9 nitrogen and oxygen atoms in total.